The lowest BCUT2D eigenvalue weighted by molar-refractivity contribution is 0.590. The summed E-state index contributed by atoms with van der Waals surface area (Å²) in [5, 5.41) is 1.92. The molecule has 0 amide bonds. The molecule has 1 aromatic heterocycles. The predicted octanol–water partition coefficient (Wildman–Crippen LogP) is 7.60. The van der Waals surface area contributed by atoms with Crippen LogP contribution in [0.3, 0.4) is 0 Å². The van der Waals surface area contributed by atoms with Gasteiger partial charge in [-0.25, -0.2) is 12.4 Å². The SMILES string of the molecule is Cc1ccc(S(=O)(=O)n2c3ccccc3c3c(Cc4ccccc4)c(-c4ccccc4)ccc32)cc1. The van der Waals surface area contributed by atoms with Crippen molar-refractivity contribution < 1.29 is 8.42 Å². The normalized spacial score (nSPS) is 11.8. The zero-order valence-electron chi connectivity index (χ0n) is 19.9. The number of rotatable bonds is 5. The summed E-state index contributed by atoms with van der Waals surface area (Å²) >= 11 is 0. The van der Waals surface area contributed by atoms with Gasteiger partial charge in [-0.05, 0) is 59.9 Å². The maximum Gasteiger partial charge on any atom is 0.268 e. The zero-order valence-corrected chi connectivity index (χ0v) is 20.7. The minimum Gasteiger partial charge on any atom is -0.233 e. The molecule has 0 spiro atoms. The van der Waals surface area contributed by atoms with Gasteiger partial charge < -0.3 is 0 Å². The van der Waals surface area contributed by atoms with Gasteiger partial charge in [-0.3, -0.25) is 0 Å². The lowest BCUT2D eigenvalue weighted by Crippen LogP contribution is -2.12. The molecule has 0 aliphatic carbocycles. The number of para-hydroxylation sites is 1. The van der Waals surface area contributed by atoms with Crippen LogP contribution >= 0.6 is 0 Å². The number of fused-ring (bicyclic) bond motifs is 3. The number of aryl methyl sites for hydroxylation is 1. The smallest absolute Gasteiger partial charge is 0.233 e. The third-order valence-corrected chi connectivity index (χ3v) is 8.51. The van der Waals surface area contributed by atoms with Crippen LogP contribution in [-0.4, -0.2) is 12.4 Å². The zero-order chi connectivity index (χ0) is 24.7. The maximum absolute atomic E-state index is 14.0. The van der Waals surface area contributed by atoms with Crippen LogP contribution in [0.1, 0.15) is 16.7 Å². The molecule has 1 heterocycles. The van der Waals surface area contributed by atoms with E-state index in [-0.39, 0.29) is 4.90 Å². The molecule has 0 N–H and O–H groups in total. The van der Waals surface area contributed by atoms with Gasteiger partial charge in [0.1, 0.15) is 0 Å². The molecule has 4 heteroatoms. The average Bonchev–Trinajstić information content (AvgIpc) is 3.26. The molecule has 3 nitrogen and oxygen atoms in total. The van der Waals surface area contributed by atoms with Crippen LogP contribution in [0.25, 0.3) is 32.9 Å². The summed E-state index contributed by atoms with van der Waals surface area (Å²) in [5.41, 5.74) is 6.94. The molecule has 36 heavy (non-hydrogen) atoms. The fourth-order valence-corrected chi connectivity index (χ4v) is 6.56. The molecule has 6 aromatic rings. The summed E-state index contributed by atoms with van der Waals surface area (Å²) in [6.45, 7) is 1.96. The highest BCUT2D eigenvalue weighted by molar-refractivity contribution is 7.90. The fraction of sp³-hybridized carbons (Fsp3) is 0.0625. The summed E-state index contributed by atoms with van der Waals surface area (Å²) in [4.78, 5) is 0.285. The lowest BCUT2D eigenvalue weighted by atomic mass is 9.91. The maximum atomic E-state index is 14.0. The van der Waals surface area contributed by atoms with Crippen molar-refractivity contribution in [3.63, 3.8) is 0 Å². The van der Waals surface area contributed by atoms with E-state index in [1.165, 1.54) is 9.54 Å². The van der Waals surface area contributed by atoms with E-state index in [0.29, 0.717) is 17.5 Å². The largest absolute Gasteiger partial charge is 0.268 e. The first-order valence-electron chi connectivity index (χ1n) is 12.0. The summed E-state index contributed by atoms with van der Waals surface area (Å²) in [6.07, 6.45) is 0.695. The molecule has 0 saturated heterocycles. The van der Waals surface area contributed by atoms with Gasteiger partial charge in [-0.15, -0.1) is 0 Å². The number of hydrogen-bond donors (Lipinski definition) is 0. The van der Waals surface area contributed by atoms with Gasteiger partial charge in [0.15, 0.2) is 0 Å². The van der Waals surface area contributed by atoms with E-state index < -0.39 is 10.0 Å². The van der Waals surface area contributed by atoms with Crippen molar-refractivity contribution in [3.05, 3.63) is 138 Å². The Morgan fingerprint density at radius 2 is 1.28 bits per heavy atom. The minimum absolute atomic E-state index is 0.285. The first-order valence-corrected chi connectivity index (χ1v) is 13.4. The van der Waals surface area contributed by atoms with Crippen molar-refractivity contribution in [3.8, 4) is 11.1 Å². The van der Waals surface area contributed by atoms with E-state index in [9.17, 15) is 8.42 Å². The van der Waals surface area contributed by atoms with E-state index >= 15 is 0 Å². The third-order valence-electron chi connectivity index (χ3n) is 6.77. The fourth-order valence-electron chi connectivity index (χ4n) is 5.04. The van der Waals surface area contributed by atoms with Crippen LogP contribution in [0, 0.1) is 6.92 Å². The van der Waals surface area contributed by atoms with Gasteiger partial charge in [0.2, 0.25) is 0 Å². The van der Waals surface area contributed by atoms with Crippen LogP contribution in [0.15, 0.2) is 126 Å². The first-order chi connectivity index (χ1) is 17.5. The molecule has 5 aromatic carbocycles. The minimum atomic E-state index is -3.82. The van der Waals surface area contributed by atoms with E-state index in [0.717, 1.165) is 33.0 Å². The quantitative estimate of drug-likeness (QED) is 0.251. The molecule has 0 saturated carbocycles. The Hall–Kier alpha value is -4.15. The Balaban J connectivity index is 1.71. The lowest BCUT2D eigenvalue weighted by Gasteiger charge is -2.14. The molecule has 6 rings (SSSR count). The molecular weight excluding hydrogens is 462 g/mol. The highest BCUT2D eigenvalue weighted by Crippen LogP contribution is 2.39. The van der Waals surface area contributed by atoms with E-state index in [4.69, 9.17) is 0 Å². The van der Waals surface area contributed by atoms with Gasteiger partial charge in [0.05, 0.1) is 15.9 Å². The van der Waals surface area contributed by atoms with Crippen molar-refractivity contribution in [2.24, 2.45) is 0 Å². The second kappa shape index (κ2) is 8.81. The Bertz CT molecular complexity index is 1800. The van der Waals surface area contributed by atoms with E-state index in [2.05, 4.69) is 30.3 Å². The Labute approximate surface area is 211 Å². The highest BCUT2D eigenvalue weighted by Gasteiger charge is 2.25. The van der Waals surface area contributed by atoms with Gasteiger partial charge in [-0.2, -0.15) is 0 Å². The molecule has 176 valence electrons. The summed E-state index contributed by atoms with van der Waals surface area (Å²) in [7, 11) is -3.82. The highest BCUT2D eigenvalue weighted by atomic mass is 32.2. The molecule has 0 radical (unpaired) electrons. The summed E-state index contributed by atoms with van der Waals surface area (Å²) in [6, 6.07) is 39.5. The van der Waals surface area contributed by atoms with Crippen molar-refractivity contribution in [2.45, 2.75) is 18.2 Å². The van der Waals surface area contributed by atoms with Crippen molar-refractivity contribution >= 4 is 31.8 Å². The van der Waals surface area contributed by atoms with Crippen molar-refractivity contribution in [2.75, 3.05) is 0 Å². The number of nitrogens with zero attached hydrogens (tertiary/aromatic N) is 1. The molecule has 0 unspecified atom stereocenters. The molecule has 0 aliphatic heterocycles. The molecule has 0 fully saturated rings. The number of benzene rings is 5. The van der Waals surface area contributed by atoms with Crippen LogP contribution in [0.4, 0.5) is 0 Å². The second-order valence-corrected chi connectivity index (χ2v) is 10.9. The predicted molar refractivity (Wildman–Crippen MR) is 148 cm³/mol. The van der Waals surface area contributed by atoms with Gasteiger partial charge in [0.25, 0.3) is 10.0 Å². The third kappa shape index (κ3) is 3.71. The second-order valence-electron chi connectivity index (χ2n) is 9.11. The van der Waals surface area contributed by atoms with Crippen molar-refractivity contribution in [1.82, 2.24) is 3.97 Å². The summed E-state index contributed by atoms with van der Waals surface area (Å²) in [5.74, 6) is 0. The Morgan fingerprint density at radius 3 is 2.00 bits per heavy atom. The first kappa shape index (κ1) is 22.3. The molecule has 0 aliphatic rings. The summed E-state index contributed by atoms with van der Waals surface area (Å²) < 4.78 is 29.6. The van der Waals surface area contributed by atoms with Crippen molar-refractivity contribution in [1.29, 1.82) is 0 Å². The molecule has 0 atom stereocenters. The van der Waals surface area contributed by atoms with Gasteiger partial charge >= 0.3 is 0 Å². The standard InChI is InChI=1S/C32H25NO2S/c1-23-16-18-26(19-17-23)36(34,35)33-30-15-9-8-14-28(30)32-29(22-24-10-4-2-5-11-24)27(20-21-31(32)33)25-12-6-3-7-13-25/h2-21H,22H2,1H3. The van der Waals surface area contributed by atoms with E-state index in [1.54, 1.807) is 12.1 Å². The number of aromatic nitrogens is 1. The number of hydrogen-bond acceptors (Lipinski definition) is 2. The molecule has 0 bridgehead atoms. The molecular formula is C32H25NO2S. The topological polar surface area (TPSA) is 39.1 Å². The van der Waals surface area contributed by atoms with Crippen LogP contribution < -0.4 is 0 Å². The Kier molecular flexibility index (Phi) is 5.46. The van der Waals surface area contributed by atoms with Crippen LogP contribution in [-0.2, 0) is 16.4 Å². The van der Waals surface area contributed by atoms with Crippen LogP contribution in [0.5, 0.6) is 0 Å². The Morgan fingerprint density at radius 1 is 0.639 bits per heavy atom. The monoisotopic (exact) mass is 487 g/mol. The average molecular weight is 488 g/mol. The van der Waals surface area contributed by atoms with Gasteiger partial charge in [-0.1, -0.05) is 103 Å². The van der Waals surface area contributed by atoms with Gasteiger partial charge in [0, 0.05) is 10.8 Å². The van der Waals surface area contributed by atoms with E-state index in [1.807, 2.05) is 85.8 Å². The van der Waals surface area contributed by atoms with Crippen LogP contribution in [0.2, 0.25) is 0 Å².